The van der Waals surface area contributed by atoms with Crippen molar-refractivity contribution in [3.8, 4) is 10.6 Å². The van der Waals surface area contributed by atoms with Gasteiger partial charge in [-0.05, 0) is 32.4 Å². The largest absolute Gasteiger partial charge is 0.347 e. The zero-order valence-electron chi connectivity index (χ0n) is 14.0. The number of rotatable bonds is 6. The van der Waals surface area contributed by atoms with Gasteiger partial charge in [0.1, 0.15) is 5.01 Å². The van der Waals surface area contributed by atoms with Gasteiger partial charge in [0.15, 0.2) is 0 Å². The minimum Gasteiger partial charge on any atom is -0.347 e. The molecule has 0 spiro atoms. The third-order valence-corrected chi connectivity index (χ3v) is 5.25. The molecule has 2 aromatic rings. The summed E-state index contributed by atoms with van der Waals surface area (Å²) >= 11 is 7.51. The molecule has 1 heterocycles. The first-order chi connectivity index (χ1) is 10.9. The number of amides is 1. The Morgan fingerprint density at radius 1 is 1.38 bits per heavy atom. The predicted octanol–water partition coefficient (Wildman–Crippen LogP) is 4.50. The Kier molecular flexibility index (Phi) is 8.16. The number of aromatic nitrogens is 1. The summed E-state index contributed by atoms with van der Waals surface area (Å²) in [7, 11) is 0. The molecule has 2 unspecified atom stereocenters. The summed E-state index contributed by atoms with van der Waals surface area (Å²) in [5, 5.41) is 4.61. The predicted molar refractivity (Wildman–Crippen MR) is 104 cm³/mol. The maximum atomic E-state index is 12.1. The Bertz CT molecular complexity index is 673. The van der Waals surface area contributed by atoms with Gasteiger partial charge in [0, 0.05) is 10.6 Å². The zero-order chi connectivity index (χ0) is 17.0. The van der Waals surface area contributed by atoms with Crippen LogP contribution in [0.15, 0.2) is 24.3 Å². The van der Waals surface area contributed by atoms with E-state index < -0.39 is 6.04 Å². The maximum Gasteiger partial charge on any atom is 0.237 e. The number of hydrogen-bond acceptors (Lipinski definition) is 4. The molecule has 0 saturated carbocycles. The fourth-order valence-corrected chi connectivity index (χ4v) is 3.55. The third kappa shape index (κ3) is 5.18. The molecule has 1 aromatic heterocycles. The van der Waals surface area contributed by atoms with E-state index in [2.05, 4.69) is 10.3 Å². The number of carbonyl (C=O) groups is 1. The van der Waals surface area contributed by atoms with Crippen molar-refractivity contribution < 1.29 is 4.79 Å². The highest BCUT2D eigenvalue weighted by Gasteiger charge is 2.20. The Hall–Kier alpha value is -1.14. The molecule has 7 heteroatoms. The van der Waals surface area contributed by atoms with Gasteiger partial charge in [-0.3, -0.25) is 4.79 Å². The molecule has 0 saturated heterocycles. The normalized spacial score (nSPS) is 13.0. The molecule has 0 bridgehead atoms. The number of carbonyl (C=O) groups excluding carboxylic acids is 1. The molecule has 0 aliphatic rings. The summed E-state index contributed by atoms with van der Waals surface area (Å²) in [6, 6.07) is 7.04. The molecule has 0 aliphatic carbocycles. The van der Waals surface area contributed by atoms with E-state index in [1.807, 2.05) is 45.0 Å². The van der Waals surface area contributed by atoms with Crippen LogP contribution in [0.5, 0.6) is 0 Å². The van der Waals surface area contributed by atoms with E-state index >= 15 is 0 Å². The first kappa shape index (κ1) is 20.9. The second kappa shape index (κ2) is 9.37. The van der Waals surface area contributed by atoms with E-state index in [9.17, 15) is 4.79 Å². The molecule has 24 heavy (non-hydrogen) atoms. The lowest BCUT2D eigenvalue weighted by molar-refractivity contribution is -0.123. The van der Waals surface area contributed by atoms with E-state index in [-0.39, 0.29) is 24.4 Å². The summed E-state index contributed by atoms with van der Waals surface area (Å²) in [6.45, 7) is 5.94. The van der Waals surface area contributed by atoms with Crippen molar-refractivity contribution in [3.63, 3.8) is 0 Å². The zero-order valence-corrected chi connectivity index (χ0v) is 16.4. The van der Waals surface area contributed by atoms with Crippen LogP contribution in [0.3, 0.4) is 0 Å². The molecule has 1 amide bonds. The van der Waals surface area contributed by atoms with Gasteiger partial charge >= 0.3 is 0 Å². The Morgan fingerprint density at radius 2 is 2.00 bits per heavy atom. The number of hydrogen-bond donors (Lipinski definition) is 2. The number of halogens is 2. The molecule has 1 aromatic carbocycles. The highest BCUT2D eigenvalue weighted by atomic mass is 35.5. The molecule has 2 atom stereocenters. The number of aryl methyl sites for hydroxylation is 1. The van der Waals surface area contributed by atoms with E-state index in [0.717, 1.165) is 27.6 Å². The number of nitrogens with two attached hydrogens (primary N) is 1. The highest BCUT2D eigenvalue weighted by Crippen LogP contribution is 2.32. The summed E-state index contributed by atoms with van der Waals surface area (Å²) in [4.78, 5) is 17.7. The highest BCUT2D eigenvalue weighted by molar-refractivity contribution is 7.15. The Morgan fingerprint density at radius 3 is 2.58 bits per heavy atom. The average Bonchev–Trinajstić information content (AvgIpc) is 2.90. The van der Waals surface area contributed by atoms with Crippen LogP contribution in [0.1, 0.15) is 43.3 Å². The topological polar surface area (TPSA) is 68.0 Å². The first-order valence-corrected chi connectivity index (χ1v) is 8.91. The third-order valence-electron chi connectivity index (χ3n) is 3.61. The molecule has 2 rings (SSSR count). The van der Waals surface area contributed by atoms with Gasteiger partial charge in [0.2, 0.25) is 5.91 Å². The quantitative estimate of drug-likeness (QED) is 0.766. The lowest BCUT2D eigenvalue weighted by atomic mass is 10.1. The van der Waals surface area contributed by atoms with Gasteiger partial charge < -0.3 is 11.1 Å². The SMILES string of the molecule is CCCC(N)C(=O)NC(C)c1sc(-c2ccc(Cl)cc2)nc1C.Cl. The molecule has 4 nitrogen and oxygen atoms in total. The minimum absolute atomic E-state index is 0. The van der Waals surface area contributed by atoms with E-state index in [1.165, 1.54) is 0 Å². The van der Waals surface area contributed by atoms with Crippen LogP contribution < -0.4 is 11.1 Å². The van der Waals surface area contributed by atoms with Gasteiger partial charge in [-0.25, -0.2) is 4.98 Å². The maximum absolute atomic E-state index is 12.1. The molecule has 132 valence electrons. The lowest BCUT2D eigenvalue weighted by Crippen LogP contribution is -2.41. The average molecular weight is 388 g/mol. The number of nitrogens with one attached hydrogen (secondary N) is 1. The van der Waals surface area contributed by atoms with E-state index in [4.69, 9.17) is 17.3 Å². The van der Waals surface area contributed by atoms with Crippen molar-refractivity contribution in [2.75, 3.05) is 0 Å². The minimum atomic E-state index is -0.452. The van der Waals surface area contributed by atoms with Crippen LogP contribution in [-0.4, -0.2) is 16.9 Å². The molecule has 3 N–H and O–H groups in total. The van der Waals surface area contributed by atoms with Crippen molar-refractivity contribution >= 4 is 41.3 Å². The summed E-state index contributed by atoms with van der Waals surface area (Å²) in [5.41, 5.74) is 7.82. The molecular weight excluding hydrogens is 365 g/mol. The fourth-order valence-electron chi connectivity index (χ4n) is 2.35. The van der Waals surface area contributed by atoms with Crippen LogP contribution in [0.25, 0.3) is 10.6 Å². The summed E-state index contributed by atoms with van der Waals surface area (Å²) < 4.78 is 0. The van der Waals surface area contributed by atoms with Crippen LogP contribution in [0, 0.1) is 6.92 Å². The van der Waals surface area contributed by atoms with Crippen LogP contribution in [0.4, 0.5) is 0 Å². The van der Waals surface area contributed by atoms with Crippen molar-refractivity contribution in [1.29, 1.82) is 0 Å². The second-order valence-electron chi connectivity index (χ2n) is 5.60. The van der Waals surface area contributed by atoms with Gasteiger partial charge in [-0.2, -0.15) is 0 Å². The molecule has 0 radical (unpaired) electrons. The van der Waals surface area contributed by atoms with Crippen LogP contribution in [-0.2, 0) is 4.79 Å². The Balaban J connectivity index is 0.00000288. The number of benzene rings is 1. The van der Waals surface area contributed by atoms with Gasteiger partial charge in [-0.1, -0.05) is 37.1 Å². The van der Waals surface area contributed by atoms with Crippen LogP contribution in [0.2, 0.25) is 5.02 Å². The number of nitrogens with zero attached hydrogens (tertiary/aromatic N) is 1. The molecule has 0 fully saturated rings. The summed E-state index contributed by atoms with van der Waals surface area (Å²) in [6.07, 6.45) is 1.58. The first-order valence-electron chi connectivity index (χ1n) is 7.71. The van der Waals surface area contributed by atoms with E-state index in [0.29, 0.717) is 11.4 Å². The summed E-state index contributed by atoms with van der Waals surface area (Å²) in [5.74, 6) is -0.111. The van der Waals surface area contributed by atoms with Gasteiger partial charge in [0.25, 0.3) is 0 Å². The van der Waals surface area contributed by atoms with Crippen LogP contribution >= 0.6 is 35.3 Å². The van der Waals surface area contributed by atoms with Crippen molar-refractivity contribution in [3.05, 3.63) is 39.9 Å². The standard InChI is InChI=1S/C17H22ClN3OS.ClH/c1-4-5-14(19)16(22)20-10(2)15-11(3)21-17(23-15)12-6-8-13(18)9-7-12;/h6-10,14H,4-5,19H2,1-3H3,(H,20,22);1H. The van der Waals surface area contributed by atoms with Crippen molar-refractivity contribution in [2.24, 2.45) is 5.73 Å². The molecule has 0 aliphatic heterocycles. The van der Waals surface area contributed by atoms with Gasteiger partial charge in [-0.15, -0.1) is 23.7 Å². The Labute approximate surface area is 158 Å². The van der Waals surface area contributed by atoms with E-state index in [1.54, 1.807) is 11.3 Å². The lowest BCUT2D eigenvalue weighted by Gasteiger charge is -2.16. The monoisotopic (exact) mass is 387 g/mol. The van der Waals surface area contributed by atoms with Crippen molar-refractivity contribution in [1.82, 2.24) is 10.3 Å². The number of thiazole rings is 1. The fraction of sp³-hybridized carbons (Fsp3) is 0.412. The van der Waals surface area contributed by atoms with Gasteiger partial charge in [0.05, 0.1) is 22.7 Å². The second-order valence-corrected chi connectivity index (χ2v) is 7.07. The molecular formula is C17H23Cl2N3OS. The van der Waals surface area contributed by atoms with Crippen molar-refractivity contribution in [2.45, 2.75) is 45.7 Å². The smallest absolute Gasteiger partial charge is 0.237 e.